The molecule has 1 N–H and O–H groups in total. The fraction of sp³-hybridized carbons (Fsp3) is 0.250. The number of aryl methyl sites for hydroxylation is 1. The molecule has 3 aromatic rings. The van der Waals surface area contributed by atoms with E-state index >= 15 is 0 Å². The standard InChI is InChI=1S/C24H24BrClN4O3S/c1-16-14-18(17(2)30(16)21-9-5-19(25)6-10-21)15-27-28-24(31)23-4-3-13-29(23)34(32,33)22-11-7-20(26)8-12-22/h5-12,14-15,23H,3-4,13H2,1-2H3,(H,28,31)/b27-15-/t23-/m1/s1. The van der Waals surface area contributed by atoms with Crippen LogP contribution < -0.4 is 5.43 Å². The summed E-state index contributed by atoms with van der Waals surface area (Å²) >= 11 is 9.33. The first-order valence-corrected chi connectivity index (χ1v) is 13.3. The highest BCUT2D eigenvalue weighted by molar-refractivity contribution is 9.10. The molecule has 4 rings (SSSR count). The van der Waals surface area contributed by atoms with E-state index in [2.05, 4.69) is 31.0 Å². The van der Waals surface area contributed by atoms with Crippen LogP contribution in [-0.2, 0) is 14.8 Å². The predicted octanol–water partition coefficient (Wildman–Crippen LogP) is 4.81. The third kappa shape index (κ3) is 4.98. The summed E-state index contributed by atoms with van der Waals surface area (Å²) in [7, 11) is -3.81. The molecular weight excluding hydrogens is 540 g/mol. The molecule has 1 aliphatic rings. The summed E-state index contributed by atoms with van der Waals surface area (Å²) < 4.78 is 30.5. The molecule has 0 spiro atoms. The molecule has 7 nitrogen and oxygen atoms in total. The minimum absolute atomic E-state index is 0.112. The van der Waals surface area contributed by atoms with Crippen LogP contribution in [0.15, 0.2) is 69.1 Å². The Hall–Kier alpha value is -2.46. The molecule has 10 heteroatoms. The molecule has 0 radical (unpaired) electrons. The van der Waals surface area contributed by atoms with E-state index in [0.29, 0.717) is 17.9 Å². The smallest absolute Gasteiger partial charge is 0.258 e. The summed E-state index contributed by atoms with van der Waals surface area (Å²) in [6.07, 6.45) is 2.62. The number of halogens is 2. The van der Waals surface area contributed by atoms with E-state index in [9.17, 15) is 13.2 Å². The van der Waals surface area contributed by atoms with Gasteiger partial charge in [0, 0.05) is 38.7 Å². The molecule has 1 aromatic heterocycles. The maximum Gasteiger partial charge on any atom is 0.258 e. The van der Waals surface area contributed by atoms with Gasteiger partial charge < -0.3 is 4.57 Å². The van der Waals surface area contributed by atoms with Gasteiger partial charge in [-0.25, -0.2) is 13.8 Å². The number of aromatic nitrogens is 1. The van der Waals surface area contributed by atoms with Crippen LogP contribution in [-0.4, -0.2) is 42.0 Å². The number of rotatable bonds is 6. The predicted molar refractivity (Wildman–Crippen MR) is 137 cm³/mol. The number of hydrogen-bond donors (Lipinski definition) is 1. The van der Waals surface area contributed by atoms with E-state index in [0.717, 1.165) is 27.1 Å². The second-order valence-electron chi connectivity index (χ2n) is 8.10. The Kier molecular flexibility index (Phi) is 7.28. The summed E-state index contributed by atoms with van der Waals surface area (Å²) in [6, 6.07) is 15.1. The number of nitrogens with one attached hydrogen (secondary N) is 1. The normalized spacial score (nSPS) is 16.9. The van der Waals surface area contributed by atoms with Crippen LogP contribution in [0.4, 0.5) is 0 Å². The lowest BCUT2D eigenvalue weighted by Crippen LogP contribution is -2.44. The molecule has 0 saturated carbocycles. The topological polar surface area (TPSA) is 83.8 Å². The first kappa shape index (κ1) is 24.7. The molecule has 178 valence electrons. The van der Waals surface area contributed by atoms with Gasteiger partial charge in [-0.2, -0.15) is 9.41 Å². The van der Waals surface area contributed by atoms with E-state index in [4.69, 9.17) is 11.6 Å². The lowest BCUT2D eigenvalue weighted by atomic mass is 10.2. The lowest BCUT2D eigenvalue weighted by Gasteiger charge is -2.22. The number of hydrazone groups is 1. The quantitative estimate of drug-likeness (QED) is 0.345. The van der Waals surface area contributed by atoms with Crippen molar-refractivity contribution in [3.8, 4) is 5.69 Å². The van der Waals surface area contributed by atoms with E-state index in [1.54, 1.807) is 6.21 Å². The molecule has 1 amide bonds. The zero-order valence-corrected chi connectivity index (χ0v) is 21.9. The summed E-state index contributed by atoms with van der Waals surface area (Å²) in [5.41, 5.74) is 6.42. The van der Waals surface area contributed by atoms with Crippen molar-refractivity contribution in [3.05, 3.63) is 81.0 Å². The van der Waals surface area contributed by atoms with Crippen molar-refractivity contribution in [3.63, 3.8) is 0 Å². The highest BCUT2D eigenvalue weighted by atomic mass is 79.9. The number of hydrogen-bond acceptors (Lipinski definition) is 4. The van der Waals surface area contributed by atoms with Crippen molar-refractivity contribution >= 4 is 49.7 Å². The maximum atomic E-state index is 13.1. The Morgan fingerprint density at radius 1 is 1.15 bits per heavy atom. The first-order chi connectivity index (χ1) is 16.2. The number of benzene rings is 2. The third-order valence-electron chi connectivity index (χ3n) is 5.86. The lowest BCUT2D eigenvalue weighted by molar-refractivity contribution is -0.124. The Morgan fingerprint density at radius 3 is 2.50 bits per heavy atom. The van der Waals surface area contributed by atoms with Gasteiger partial charge in [0.2, 0.25) is 10.0 Å². The number of amides is 1. The van der Waals surface area contributed by atoms with Crippen LogP contribution in [0.25, 0.3) is 5.69 Å². The monoisotopic (exact) mass is 562 g/mol. The highest BCUT2D eigenvalue weighted by Gasteiger charge is 2.39. The van der Waals surface area contributed by atoms with Gasteiger partial charge in [-0.05, 0) is 81.3 Å². The first-order valence-electron chi connectivity index (χ1n) is 10.7. The van der Waals surface area contributed by atoms with Crippen LogP contribution in [0.5, 0.6) is 0 Å². The molecule has 1 aliphatic heterocycles. The van der Waals surface area contributed by atoms with Crippen molar-refractivity contribution in [2.75, 3.05) is 6.54 Å². The maximum absolute atomic E-state index is 13.1. The summed E-state index contributed by atoms with van der Waals surface area (Å²) in [6.45, 7) is 4.26. The van der Waals surface area contributed by atoms with Gasteiger partial charge in [-0.1, -0.05) is 27.5 Å². The fourth-order valence-electron chi connectivity index (χ4n) is 4.18. The van der Waals surface area contributed by atoms with Gasteiger partial charge in [0.05, 0.1) is 11.1 Å². The van der Waals surface area contributed by atoms with Gasteiger partial charge in [0.1, 0.15) is 6.04 Å². The van der Waals surface area contributed by atoms with Crippen LogP contribution in [0.2, 0.25) is 5.02 Å². The van der Waals surface area contributed by atoms with Crippen molar-refractivity contribution < 1.29 is 13.2 Å². The van der Waals surface area contributed by atoms with Crippen LogP contribution >= 0.6 is 27.5 Å². The molecule has 34 heavy (non-hydrogen) atoms. The van der Waals surface area contributed by atoms with Crippen molar-refractivity contribution in [1.29, 1.82) is 0 Å². The molecule has 2 heterocycles. The number of carbonyl (C=O) groups is 1. The van der Waals surface area contributed by atoms with E-state index in [1.807, 2.05) is 44.2 Å². The van der Waals surface area contributed by atoms with Crippen molar-refractivity contribution in [2.24, 2.45) is 5.10 Å². The average Bonchev–Trinajstić information content (AvgIpc) is 3.40. The highest BCUT2D eigenvalue weighted by Crippen LogP contribution is 2.27. The Labute approximate surface area is 212 Å². The SMILES string of the molecule is Cc1cc(/C=N\NC(=O)[C@H]2CCCN2S(=O)(=O)c2ccc(Cl)cc2)c(C)n1-c1ccc(Br)cc1. The second-order valence-corrected chi connectivity index (χ2v) is 11.3. The Bertz CT molecular complexity index is 1340. The molecule has 0 bridgehead atoms. The Balaban J connectivity index is 1.48. The Morgan fingerprint density at radius 2 is 1.82 bits per heavy atom. The van der Waals surface area contributed by atoms with E-state index in [-0.39, 0.29) is 11.4 Å². The summed E-state index contributed by atoms with van der Waals surface area (Å²) in [4.78, 5) is 12.9. The summed E-state index contributed by atoms with van der Waals surface area (Å²) in [5, 5.41) is 4.57. The molecule has 1 fully saturated rings. The second kappa shape index (κ2) is 10.0. The van der Waals surface area contributed by atoms with E-state index in [1.165, 1.54) is 28.6 Å². The molecular formula is C24H24BrClN4O3S. The number of sulfonamides is 1. The van der Waals surface area contributed by atoms with Gasteiger partial charge in [-0.3, -0.25) is 4.79 Å². The van der Waals surface area contributed by atoms with Gasteiger partial charge in [0.15, 0.2) is 0 Å². The fourth-order valence-corrected chi connectivity index (χ4v) is 6.22. The van der Waals surface area contributed by atoms with Gasteiger partial charge >= 0.3 is 0 Å². The van der Waals surface area contributed by atoms with E-state index < -0.39 is 22.0 Å². The average molecular weight is 564 g/mol. The number of nitrogens with zero attached hydrogens (tertiary/aromatic N) is 3. The van der Waals surface area contributed by atoms with Crippen molar-refractivity contribution in [2.45, 2.75) is 37.6 Å². The van der Waals surface area contributed by atoms with Gasteiger partial charge in [-0.15, -0.1) is 0 Å². The molecule has 0 unspecified atom stereocenters. The van der Waals surface area contributed by atoms with Crippen LogP contribution in [0, 0.1) is 13.8 Å². The summed E-state index contributed by atoms with van der Waals surface area (Å²) in [5.74, 6) is -0.451. The molecule has 1 atom stereocenters. The largest absolute Gasteiger partial charge is 0.318 e. The zero-order valence-electron chi connectivity index (χ0n) is 18.7. The van der Waals surface area contributed by atoms with Crippen LogP contribution in [0.1, 0.15) is 29.8 Å². The van der Waals surface area contributed by atoms with Gasteiger partial charge in [0.25, 0.3) is 5.91 Å². The van der Waals surface area contributed by atoms with Crippen LogP contribution in [0.3, 0.4) is 0 Å². The molecule has 1 saturated heterocycles. The minimum Gasteiger partial charge on any atom is -0.318 e. The number of carbonyl (C=O) groups excluding carboxylic acids is 1. The minimum atomic E-state index is -3.81. The molecule has 0 aliphatic carbocycles. The molecule has 2 aromatic carbocycles. The third-order valence-corrected chi connectivity index (χ3v) is 8.56. The zero-order chi connectivity index (χ0) is 24.5. The van der Waals surface area contributed by atoms with Crippen molar-refractivity contribution in [1.82, 2.24) is 14.3 Å².